The van der Waals surface area contributed by atoms with E-state index >= 15 is 0 Å². The van der Waals surface area contributed by atoms with Crippen LogP contribution < -0.4 is 5.73 Å². The van der Waals surface area contributed by atoms with Crippen LogP contribution in [0.4, 0.5) is 0 Å². The van der Waals surface area contributed by atoms with Gasteiger partial charge in [0.15, 0.2) is 0 Å². The number of nitrogens with zero attached hydrogens (tertiary/aromatic N) is 2. The number of aliphatic hydroxyl groups excluding tert-OH is 1. The Balaban J connectivity index is 2.89. The standard InChI is InChI=1S/C8H15N3OS/c1-6-7(5-9)8(11(2)10-6)13-4-3-12/h12H,3-5,9H2,1-2H3. The fourth-order valence-corrected chi connectivity index (χ4v) is 2.16. The van der Waals surface area contributed by atoms with Crippen molar-refractivity contribution in [1.82, 2.24) is 9.78 Å². The first-order valence-corrected chi connectivity index (χ1v) is 5.15. The summed E-state index contributed by atoms with van der Waals surface area (Å²) >= 11 is 1.59. The van der Waals surface area contributed by atoms with Gasteiger partial charge in [-0.15, -0.1) is 11.8 Å². The van der Waals surface area contributed by atoms with Gasteiger partial charge in [0.1, 0.15) is 0 Å². The minimum absolute atomic E-state index is 0.179. The van der Waals surface area contributed by atoms with Crippen molar-refractivity contribution in [3.63, 3.8) is 0 Å². The summed E-state index contributed by atoms with van der Waals surface area (Å²) < 4.78 is 1.82. The Morgan fingerprint density at radius 3 is 2.85 bits per heavy atom. The van der Waals surface area contributed by atoms with E-state index in [-0.39, 0.29) is 6.61 Å². The summed E-state index contributed by atoms with van der Waals surface area (Å²) in [6, 6.07) is 0. The van der Waals surface area contributed by atoms with Crippen molar-refractivity contribution < 1.29 is 5.11 Å². The van der Waals surface area contributed by atoms with Crippen molar-refractivity contribution in [3.8, 4) is 0 Å². The quantitative estimate of drug-likeness (QED) is 0.686. The summed E-state index contributed by atoms with van der Waals surface area (Å²) in [5.74, 6) is 0.686. The van der Waals surface area contributed by atoms with Crippen molar-refractivity contribution in [3.05, 3.63) is 11.3 Å². The predicted molar refractivity (Wildman–Crippen MR) is 53.6 cm³/mol. The molecule has 1 aromatic heterocycles. The van der Waals surface area contributed by atoms with Crippen molar-refractivity contribution in [2.24, 2.45) is 12.8 Å². The summed E-state index contributed by atoms with van der Waals surface area (Å²) in [7, 11) is 1.89. The van der Waals surface area contributed by atoms with Crippen molar-refractivity contribution in [1.29, 1.82) is 0 Å². The Morgan fingerprint density at radius 1 is 1.62 bits per heavy atom. The molecule has 4 nitrogen and oxygen atoms in total. The molecule has 0 spiro atoms. The average Bonchev–Trinajstić information content (AvgIpc) is 2.37. The molecule has 0 radical (unpaired) electrons. The fourth-order valence-electron chi connectivity index (χ4n) is 1.24. The molecule has 1 heterocycles. The first-order valence-electron chi connectivity index (χ1n) is 4.17. The van der Waals surface area contributed by atoms with E-state index in [0.717, 1.165) is 16.3 Å². The molecule has 0 aliphatic heterocycles. The molecule has 1 aromatic rings. The number of nitrogens with two attached hydrogens (primary N) is 1. The zero-order valence-corrected chi connectivity index (χ0v) is 8.77. The zero-order valence-electron chi connectivity index (χ0n) is 7.95. The number of hydrogen-bond donors (Lipinski definition) is 2. The summed E-state index contributed by atoms with van der Waals surface area (Å²) in [6.45, 7) is 2.64. The van der Waals surface area contributed by atoms with E-state index in [4.69, 9.17) is 10.8 Å². The maximum absolute atomic E-state index is 8.71. The molecule has 0 unspecified atom stereocenters. The van der Waals surface area contributed by atoms with Crippen LogP contribution in [-0.4, -0.2) is 27.2 Å². The van der Waals surface area contributed by atoms with Gasteiger partial charge in [0, 0.05) is 24.9 Å². The van der Waals surface area contributed by atoms with E-state index in [1.54, 1.807) is 11.8 Å². The van der Waals surface area contributed by atoms with Gasteiger partial charge in [0.25, 0.3) is 0 Å². The van der Waals surface area contributed by atoms with Crippen molar-refractivity contribution in [2.45, 2.75) is 18.5 Å². The van der Waals surface area contributed by atoms with Crippen molar-refractivity contribution >= 4 is 11.8 Å². The van der Waals surface area contributed by atoms with Crippen LogP contribution in [-0.2, 0) is 13.6 Å². The van der Waals surface area contributed by atoms with Crippen LogP contribution in [0.3, 0.4) is 0 Å². The molecule has 3 N–H and O–H groups in total. The van der Waals surface area contributed by atoms with Crippen LogP contribution in [0.5, 0.6) is 0 Å². The summed E-state index contributed by atoms with van der Waals surface area (Å²) in [4.78, 5) is 0. The van der Waals surface area contributed by atoms with Gasteiger partial charge in [-0.05, 0) is 6.92 Å². The van der Waals surface area contributed by atoms with Gasteiger partial charge in [-0.2, -0.15) is 5.10 Å². The minimum Gasteiger partial charge on any atom is -0.396 e. The van der Waals surface area contributed by atoms with Gasteiger partial charge in [-0.1, -0.05) is 0 Å². The number of rotatable bonds is 4. The lowest BCUT2D eigenvalue weighted by Crippen LogP contribution is -2.01. The molecule has 0 fully saturated rings. The minimum atomic E-state index is 0.179. The van der Waals surface area contributed by atoms with E-state index < -0.39 is 0 Å². The molecule has 0 saturated carbocycles. The number of thioether (sulfide) groups is 1. The second-order valence-corrected chi connectivity index (χ2v) is 3.85. The van der Waals surface area contributed by atoms with E-state index in [9.17, 15) is 0 Å². The lowest BCUT2D eigenvalue weighted by molar-refractivity contribution is 0.322. The zero-order chi connectivity index (χ0) is 9.84. The third kappa shape index (κ3) is 2.24. The highest BCUT2D eigenvalue weighted by Crippen LogP contribution is 2.23. The van der Waals surface area contributed by atoms with Crippen LogP contribution >= 0.6 is 11.8 Å². The van der Waals surface area contributed by atoms with Gasteiger partial charge < -0.3 is 10.8 Å². The normalized spacial score (nSPS) is 10.8. The van der Waals surface area contributed by atoms with Crippen LogP contribution in [0.1, 0.15) is 11.3 Å². The Labute approximate surface area is 82.1 Å². The summed E-state index contributed by atoms with van der Waals surface area (Å²) in [5, 5.41) is 14.0. The van der Waals surface area contributed by atoms with Gasteiger partial charge in [-0.3, -0.25) is 4.68 Å². The third-order valence-corrected chi connectivity index (χ3v) is 2.99. The molecule has 13 heavy (non-hydrogen) atoms. The number of aryl methyl sites for hydroxylation is 2. The Hall–Kier alpha value is -0.520. The maximum atomic E-state index is 8.71. The highest BCUT2D eigenvalue weighted by Gasteiger charge is 2.11. The first kappa shape index (κ1) is 10.6. The Bertz CT molecular complexity index is 285. The van der Waals surface area contributed by atoms with E-state index in [2.05, 4.69) is 5.10 Å². The lowest BCUT2D eigenvalue weighted by Gasteiger charge is -2.02. The second kappa shape index (κ2) is 4.64. The predicted octanol–water partition coefficient (Wildman–Crippen LogP) is 0.272. The molecule has 74 valence electrons. The SMILES string of the molecule is Cc1nn(C)c(SCCO)c1CN. The van der Waals surface area contributed by atoms with Gasteiger partial charge in [0.05, 0.1) is 17.3 Å². The summed E-state index contributed by atoms with van der Waals surface area (Å²) in [5.41, 5.74) is 7.67. The largest absolute Gasteiger partial charge is 0.396 e. The van der Waals surface area contributed by atoms with Crippen molar-refractivity contribution in [2.75, 3.05) is 12.4 Å². The number of aliphatic hydroxyl groups is 1. The molecule has 0 aliphatic rings. The highest BCUT2D eigenvalue weighted by molar-refractivity contribution is 7.99. The van der Waals surface area contributed by atoms with E-state index in [1.807, 2.05) is 18.7 Å². The molecular weight excluding hydrogens is 186 g/mol. The van der Waals surface area contributed by atoms with Crippen LogP contribution in [0.15, 0.2) is 5.03 Å². The Morgan fingerprint density at radius 2 is 2.31 bits per heavy atom. The maximum Gasteiger partial charge on any atom is 0.0985 e. The highest BCUT2D eigenvalue weighted by atomic mass is 32.2. The van der Waals surface area contributed by atoms with Gasteiger partial charge in [0.2, 0.25) is 0 Å². The lowest BCUT2D eigenvalue weighted by atomic mass is 10.3. The molecular formula is C8H15N3OS. The summed E-state index contributed by atoms with van der Waals surface area (Å²) in [6.07, 6.45) is 0. The van der Waals surface area contributed by atoms with Gasteiger partial charge >= 0.3 is 0 Å². The average molecular weight is 201 g/mol. The van der Waals surface area contributed by atoms with E-state index in [1.165, 1.54) is 0 Å². The van der Waals surface area contributed by atoms with Gasteiger partial charge in [-0.25, -0.2) is 0 Å². The monoisotopic (exact) mass is 201 g/mol. The molecule has 5 heteroatoms. The van der Waals surface area contributed by atoms with Crippen LogP contribution in [0, 0.1) is 6.92 Å². The molecule has 0 amide bonds. The Kier molecular flexibility index (Phi) is 3.77. The van der Waals surface area contributed by atoms with Crippen LogP contribution in [0.2, 0.25) is 0 Å². The molecule has 0 bridgehead atoms. The smallest absolute Gasteiger partial charge is 0.0985 e. The topological polar surface area (TPSA) is 64.1 Å². The van der Waals surface area contributed by atoms with E-state index in [0.29, 0.717) is 12.3 Å². The van der Waals surface area contributed by atoms with Crippen LogP contribution in [0.25, 0.3) is 0 Å². The number of hydrogen-bond acceptors (Lipinski definition) is 4. The first-order chi connectivity index (χ1) is 6.20. The molecule has 0 aromatic carbocycles. The molecule has 0 atom stereocenters. The third-order valence-electron chi connectivity index (χ3n) is 1.82. The molecule has 0 aliphatic carbocycles. The molecule has 1 rings (SSSR count). The second-order valence-electron chi connectivity index (χ2n) is 2.77. The number of aromatic nitrogens is 2. The molecule has 0 saturated heterocycles. The fraction of sp³-hybridized carbons (Fsp3) is 0.625.